The van der Waals surface area contributed by atoms with Crippen molar-refractivity contribution in [3.05, 3.63) is 46.6 Å². The molecule has 0 saturated heterocycles. The number of carboxylic acid groups (broad SMARTS) is 1. The van der Waals surface area contributed by atoms with Crippen LogP contribution < -0.4 is 4.74 Å². The standard InChI is InChI=1S/C12H8ClFN2O3/c1-6-15-5-8(12(17)18)11(16-6)19-10-4-7(14)2-3-9(10)13/h2-5H,1H3,(H,17,18). The highest BCUT2D eigenvalue weighted by Crippen LogP contribution is 2.30. The molecule has 0 fully saturated rings. The highest BCUT2D eigenvalue weighted by atomic mass is 35.5. The number of benzene rings is 1. The molecule has 0 aliphatic rings. The molecular formula is C12H8ClFN2O3. The third-order valence-electron chi connectivity index (χ3n) is 2.20. The number of hydrogen-bond donors (Lipinski definition) is 1. The largest absolute Gasteiger partial charge is 0.477 e. The van der Waals surface area contributed by atoms with E-state index in [4.69, 9.17) is 21.4 Å². The van der Waals surface area contributed by atoms with Crippen LogP contribution in [0.4, 0.5) is 4.39 Å². The van der Waals surface area contributed by atoms with Crippen LogP contribution in [0.1, 0.15) is 16.2 Å². The number of ether oxygens (including phenoxy) is 1. The Hall–Kier alpha value is -2.21. The molecule has 0 amide bonds. The Labute approximate surface area is 112 Å². The van der Waals surface area contributed by atoms with E-state index in [-0.39, 0.29) is 22.2 Å². The molecule has 1 N–H and O–H groups in total. The Morgan fingerprint density at radius 3 is 2.89 bits per heavy atom. The van der Waals surface area contributed by atoms with Gasteiger partial charge in [0.2, 0.25) is 5.88 Å². The highest BCUT2D eigenvalue weighted by Gasteiger charge is 2.16. The van der Waals surface area contributed by atoms with Crippen molar-refractivity contribution in [1.29, 1.82) is 0 Å². The fourth-order valence-electron chi connectivity index (χ4n) is 1.33. The minimum Gasteiger partial charge on any atom is -0.477 e. The number of rotatable bonds is 3. The quantitative estimate of drug-likeness (QED) is 0.936. The molecule has 1 heterocycles. The van der Waals surface area contributed by atoms with Gasteiger partial charge < -0.3 is 9.84 Å². The van der Waals surface area contributed by atoms with Gasteiger partial charge >= 0.3 is 5.97 Å². The lowest BCUT2D eigenvalue weighted by Crippen LogP contribution is -2.04. The monoisotopic (exact) mass is 282 g/mol. The van der Waals surface area contributed by atoms with Gasteiger partial charge in [-0.3, -0.25) is 0 Å². The summed E-state index contributed by atoms with van der Waals surface area (Å²) < 4.78 is 18.4. The number of hydrogen-bond acceptors (Lipinski definition) is 4. The van der Waals surface area contributed by atoms with Crippen LogP contribution in [0.25, 0.3) is 0 Å². The van der Waals surface area contributed by atoms with Crippen molar-refractivity contribution in [1.82, 2.24) is 9.97 Å². The van der Waals surface area contributed by atoms with Crippen molar-refractivity contribution >= 4 is 17.6 Å². The lowest BCUT2D eigenvalue weighted by molar-refractivity contribution is 0.0693. The van der Waals surface area contributed by atoms with Gasteiger partial charge in [-0.1, -0.05) is 11.6 Å². The molecule has 98 valence electrons. The lowest BCUT2D eigenvalue weighted by atomic mass is 10.3. The lowest BCUT2D eigenvalue weighted by Gasteiger charge is -2.09. The maximum absolute atomic E-state index is 13.1. The van der Waals surface area contributed by atoms with Crippen molar-refractivity contribution in [3.8, 4) is 11.6 Å². The second kappa shape index (κ2) is 5.19. The molecule has 0 bridgehead atoms. The van der Waals surface area contributed by atoms with Gasteiger partial charge in [0.15, 0.2) is 5.75 Å². The average molecular weight is 283 g/mol. The van der Waals surface area contributed by atoms with Gasteiger partial charge in [0.1, 0.15) is 17.2 Å². The van der Waals surface area contributed by atoms with E-state index in [1.165, 1.54) is 12.1 Å². The summed E-state index contributed by atoms with van der Waals surface area (Å²) in [6.07, 6.45) is 1.12. The predicted octanol–water partition coefficient (Wildman–Crippen LogP) is 3.07. The summed E-state index contributed by atoms with van der Waals surface area (Å²) in [7, 11) is 0. The van der Waals surface area contributed by atoms with Crippen LogP contribution in [0.3, 0.4) is 0 Å². The van der Waals surface area contributed by atoms with Gasteiger partial charge in [0.05, 0.1) is 5.02 Å². The molecule has 1 aromatic heterocycles. The maximum Gasteiger partial charge on any atom is 0.342 e. The van der Waals surface area contributed by atoms with Gasteiger partial charge in [0, 0.05) is 12.3 Å². The zero-order valence-electron chi connectivity index (χ0n) is 9.72. The molecule has 2 aromatic rings. The molecule has 0 radical (unpaired) electrons. The highest BCUT2D eigenvalue weighted by molar-refractivity contribution is 6.32. The van der Waals surface area contributed by atoms with Gasteiger partial charge in [-0.2, -0.15) is 4.98 Å². The first-order chi connectivity index (χ1) is 8.97. The second-order valence-electron chi connectivity index (χ2n) is 3.62. The van der Waals surface area contributed by atoms with Crippen LogP contribution in [0.2, 0.25) is 5.02 Å². The molecule has 0 saturated carbocycles. The van der Waals surface area contributed by atoms with Crippen LogP contribution in [0, 0.1) is 12.7 Å². The first-order valence-electron chi connectivity index (χ1n) is 5.17. The summed E-state index contributed by atoms with van der Waals surface area (Å²) in [5, 5.41) is 9.14. The van der Waals surface area contributed by atoms with Gasteiger partial charge in [-0.25, -0.2) is 14.2 Å². The number of nitrogens with zero attached hydrogens (tertiary/aromatic N) is 2. The van der Waals surface area contributed by atoms with Crippen molar-refractivity contribution in [2.45, 2.75) is 6.92 Å². The Morgan fingerprint density at radius 1 is 1.47 bits per heavy atom. The van der Waals surface area contributed by atoms with Gasteiger partial charge in [0.25, 0.3) is 0 Å². The summed E-state index contributed by atoms with van der Waals surface area (Å²) >= 11 is 5.84. The maximum atomic E-state index is 13.1. The second-order valence-corrected chi connectivity index (χ2v) is 4.03. The molecule has 0 atom stereocenters. The van der Waals surface area contributed by atoms with E-state index in [0.717, 1.165) is 12.3 Å². The normalized spacial score (nSPS) is 10.3. The molecule has 0 aliphatic heterocycles. The Kier molecular flexibility index (Phi) is 3.62. The van der Waals surface area contributed by atoms with Crippen LogP contribution >= 0.6 is 11.6 Å². The number of carbonyl (C=O) groups is 1. The van der Waals surface area contributed by atoms with Crippen molar-refractivity contribution in [2.24, 2.45) is 0 Å². The van der Waals surface area contributed by atoms with E-state index >= 15 is 0 Å². The Morgan fingerprint density at radius 2 is 2.21 bits per heavy atom. The fourth-order valence-corrected chi connectivity index (χ4v) is 1.49. The molecule has 0 spiro atoms. The molecule has 5 nitrogen and oxygen atoms in total. The van der Waals surface area contributed by atoms with Crippen LogP contribution in [0.5, 0.6) is 11.6 Å². The molecule has 19 heavy (non-hydrogen) atoms. The number of carboxylic acids is 1. The summed E-state index contributed by atoms with van der Waals surface area (Å²) in [6.45, 7) is 1.58. The van der Waals surface area contributed by atoms with Crippen LogP contribution in [0.15, 0.2) is 24.4 Å². The van der Waals surface area contributed by atoms with Crippen molar-refractivity contribution < 1.29 is 19.0 Å². The topological polar surface area (TPSA) is 72.3 Å². The average Bonchev–Trinajstić information content (AvgIpc) is 2.33. The van der Waals surface area contributed by atoms with E-state index in [1.54, 1.807) is 6.92 Å². The third-order valence-corrected chi connectivity index (χ3v) is 2.52. The van der Waals surface area contributed by atoms with Gasteiger partial charge in [-0.15, -0.1) is 0 Å². The molecule has 7 heteroatoms. The first-order valence-corrected chi connectivity index (χ1v) is 5.55. The van der Waals surface area contributed by atoms with E-state index in [0.29, 0.717) is 5.82 Å². The SMILES string of the molecule is Cc1ncc(C(=O)O)c(Oc2cc(F)ccc2Cl)n1. The molecule has 0 unspecified atom stereocenters. The number of halogens is 2. The molecular weight excluding hydrogens is 275 g/mol. The van der Waals surface area contributed by atoms with Crippen LogP contribution in [-0.2, 0) is 0 Å². The van der Waals surface area contributed by atoms with Crippen molar-refractivity contribution in [3.63, 3.8) is 0 Å². The third kappa shape index (κ3) is 2.97. The minimum absolute atomic E-state index is 0.0118. The molecule has 0 aliphatic carbocycles. The first kappa shape index (κ1) is 13.2. The zero-order chi connectivity index (χ0) is 14.0. The molecule has 2 rings (SSSR count). The van der Waals surface area contributed by atoms with E-state index in [2.05, 4.69) is 9.97 Å². The number of aromatic nitrogens is 2. The summed E-state index contributed by atoms with van der Waals surface area (Å²) in [6, 6.07) is 3.52. The summed E-state index contributed by atoms with van der Waals surface area (Å²) in [5.41, 5.74) is -0.231. The van der Waals surface area contributed by atoms with Gasteiger partial charge in [-0.05, 0) is 19.1 Å². The smallest absolute Gasteiger partial charge is 0.342 e. The van der Waals surface area contributed by atoms with E-state index in [1.807, 2.05) is 0 Å². The zero-order valence-corrected chi connectivity index (χ0v) is 10.5. The van der Waals surface area contributed by atoms with E-state index < -0.39 is 11.8 Å². The summed E-state index contributed by atoms with van der Waals surface area (Å²) in [5.74, 6) is -1.67. The Bertz CT molecular complexity index is 649. The van der Waals surface area contributed by atoms with E-state index in [9.17, 15) is 9.18 Å². The predicted molar refractivity (Wildman–Crippen MR) is 65.2 cm³/mol. The minimum atomic E-state index is -1.25. The number of aromatic carboxylic acids is 1. The molecule has 1 aromatic carbocycles. The van der Waals surface area contributed by atoms with Crippen LogP contribution in [-0.4, -0.2) is 21.0 Å². The fraction of sp³-hybridized carbons (Fsp3) is 0.0833. The Balaban J connectivity index is 2.45. The summed E-state index contributed by atoms with van der Waals surface area (Å²) in [4.78, 5) is 18.6. The van der Waals surface area contributed by atoms with Crippen molar-refractivity contribution in [2.75, 3.05) is 0 Å². The number of aryl methyl sites for hydroxylation is 1.